The van der Waals surface area contributed by atoms with Crippen LogP contribution in [-0.2, 0) is 20.9 Å². The third-order valence-electron chi connectivity index (χ3n) is 8.60. The summed E-state index contributed by atoms with van der Waals surface area (Å²) in [5, 5.41) is 18.0. The van der Waals surface area contributed by atoms with Gasteiger partial charge in [0.15, 0.2) is 11.5 Å². The number of hydrogen-bond donors (Lipinski definition) is 4. The number of carbonyl (C=O) groups excluding carboxylic acids is 4. The zero-order chi connectivity index (χ0) is 35.5. The molecule has 3 aromatic carbocycles. The Bertz CT molecular complexity index is 1760. The first-order chi connectivity index (χ1) is 23.2. The summed E-state index contributed by atoms with van der Waals surface area (Å²) in [6.07, 6.45) is -0.267. The first-order valence-electron chi connectivity index (χ1n) is 16.0. The highest BCUT2D eigenvalue weighted by atomic mass is 16.7. The number of fused-ring (bicyclic) bond motifs is 1. The number of amides is 6. The van der Waals surface area contributed by atoms with E-state index >= 15 is 0 Å². The Balaban J connectivity index is 1.31. The minimum atomic E-state index is -1.28. The molecule has 1 saturated heterocycles. The van der Waals surface area contributed by atoms with Crippen LogP contribution in [0.15, 0.2) is 66.7 Å². The van der Waals surface area contributed by atoms with Crippen LogP contribution < -0.4 is 25.4 Å². The first-order valence-corrected chi connectivity index (χ1v) is 16.0. The fraction of sp³-hybridized carbons (Fsp3) is 0.361. The Hall–Kier alpha value is -5.59. The third-order valence-corrected chi connectivity index (χ3v) is 8.60. The van der Waals surface area contributed by atoms with E-state index in [0.717, 1.165) is 10.5 Å². The maximum atomic E-state index is 14.0. The average molecular weight is 672 g/mol. The van der Waals surface area contributed by atoms with E-state index in [0.29, 0.717) is 34.0 Å². The summed E-state index contributed by atoms with van der Waals surface area (Å²) in [5.41, 5.74) is 2.05. The van der Waals surface area contributed by atoms with E-state index in [1.165, 1.54) is 4.90 Å². The molecule has 5 rings (SSSR count). The zero-order valence-electron chi connectivity index (χ0n) is 28.1. The van der Waals surface area contributed by atoms with E-state index in [1.54, 1.807) is 62.4 Å². The number of anilines is 2. The minimum Gasteiger partial charge on any atom is -0.481 e. The molecule has 0 spiro atoms. The van der Waals surface area contributed by atoms with E-state index in [9.17, 15) is 29.1 Å². The van der Waals surface area contributed by atoms with Gasteiger partial charge in [0, 0.05) is 17.9 Å². The molecule has 0 aliphatic carbocycles. The van der Waals surface area contributed by atoms with Gasteiger partial charge in [-0.25, -0.2) is 14.5 Å². The lowest BCUT2D eigenvalue weighted by molar-refractivity contribution is -0.140. The number of hydrogen-bond acceptors (Lipinski definition) is 7. The van der Waals surface area contributed by atoms with Gasteiger partial charge < -0.3 is 35.4 Å². The number of para-hydroxylation sites is 1. The van der Waals surface area contributed by atoms with Crippen LogP contribution >= 0.6 is 0 Å². The molecule has 0 unspecified atom stereocenters. The molecule has 2 aliphatic rings. The van der Waals surface area contributed by atoms with Crippen LogP contribution in [0.1, 0.15) is 63.3 Å². The highest BCUT2D eigenvalue weighted by molar-refractivity contribution is 6.09. The van der Waals surface area contributed by atoms with Gasteiger partial charge in [-0.1, -0.05) is 50.2 Å². The molecule has 49 heavy (non-hydrogen) atoms. The van der Waals surface area contributed by atoms with E-state index in [1.807, 2.05) is 39.0 Å². The normalized spacial score (nSPS) is 16.0. The maximum absolute atomic E-state index is 14.0. The molecule has 0 bridgehead atoms. The Morgan fingerprint density at radius 2 is 1.63 bits per heavy atom. The van der Waals surface area contributed by atoms with E-state index in [4.69, 9.17) is 9.47 Å². The van der Waals surface area contributed by atoms with Gasteiger partial charge in [-0.15, -0.1) is 0 Å². The molecule has 0 aromatic heterocycles. The minimum absolute atomic E-state index is 0.0311. The molecule has 13 nitrogen and oxygen atoms in total. The van der Waals surface area contributed by atoms with E-state index in [2.05, 4.69) is 16.0 Å². The van der Waals surface area contributed by atoms with Crippen molar-refractivity contribution in [2.24, 2.45) is 5.92 Å². The SMILES string of the molecule is Cc1ccccc1NC(=O)Nc1ccc(CN2C(=O)N([C@@H](CC(C)C)C(=O)N[C@@H](CC(=O)O)c3ccc4c(c3)OCO4)C(=O)C2(C)C)cc1. The van der Waals surface area contributed by atoms with Crippen LogP contribution in [0.5, 0.6) is 11.5 Å². The summed E-state index contributed by atoms with van der Waals surface area (Å²) in [7, 11) is 0. The fourth-order valence-electron chi connectivity index (χ4n) is 5.88. The standard InChI is InChI=1S/C36H41N5O8/c1-21(2)16-28(32(44)38-27(18-31(42)43)24-12-15-29-30(17-24)49-20-48-29)41-33(45)36(4,5)40(35(41)47)19-23-10-13-25(14-11-23)37-34(46)39-26-9-7-6-8-22(26)3/h6-15,17,21,27-28H,16,18-20H2,1-5H3,(H,38,44)(H,42,43)(H2,37,39,46)/t27-,28-/m0/s1. The molecule has 2 atom stereocenters. The number of nitrogens with one attached hydrogen (secondary N) is 3. The van der Waals surface area contributed by atoms with Crippen LogP contribution in [-0.4, -0.2) is 63.1 Å². The molecule has 13 heteroatoms. The highest BCUT2D eigenvalue weighted by Gasteiger charge is 2.54. The molecule has 4 N–H and O–H groups in total. The molecule has 1 fully saturated rings. The molecule has 3 aromatic rings. The number of rotatable bonds is 12. The molecule has 258 valence electrons. The van der Waals surface area contributed by atoms with Crippen LogP contribution in [0.2, 0.25) is 0 Å². The van der Waals surface area contributed by atoms with Gasteiger partial charge in [-0.3, -0.25) is 14.4 Å². The summed E-state index contributed by atoms with van der Waals surface area (Å²) in [4.78, 5) is 68.6. The van der Waals surface area contributed by atoms with Crippen LogP contribution in [0.4, 0.5) is 21.0 Å². The van der Waals surface area contributed by atoms with Gasteiger partial charge >= 0.3 is 18.0 Å². The number of nitrogens with zero attached hydrogens (tertiary/aromatic N) is 2. The number of carboxylic acids is 1. The zero-order valence-corrected chi connectivity index (χ0v) is 28.1. The lowest BCUT2D eigenvalue weighted by Crippen LogP contribution is -2.52. The summed E-state index contributed by atoms with van der Waals surface area (Å²) >= 11 is 0. The Morgan fingerprint density at radius 3 is 2.31 bits per heavy atom. The molecule has 2 aliphatic heterocycles. The molecule has 0 radical (unpaired) electrons. The Kier molecular flexibility index (Phi) is 10.1. The van der Waals surface area contributed by atoms with Crippen molar-refractivity contribution in [3.8, 4) is 11.5 Å². The second-order valence-corrected chi connectivity index (χ2v) is 13.1. The predicted molar refractivity (Wildman–Crippen MR) is 181 cm³/mol. The lowest BCUT2D eigenvalue weighted by atomic mass is 9.97. The molecule has 6 amide bonds. The Labute approximate surface area is 284 Å². The average Bonchev–Trinajstić information content (AvgIpc) is 3.57. The third kappa shape index (κ3) is 7.77. The summed E-state index contributed by atoms with van der Waals surface area (Å²) in [6.45, 7) is 9.00. The first kappa shape index (κ1) is 34.7. The van der Waals surface area contributed by atoms with Crippen molar-refractivity contribution >= 4 is 41.2 Å². The lowest BCUT2D eigenvalue weighted by Gasteiger charge is -2.29. The van der Waals surface area contributed by atoms with Gasteiger partial charge in [-0.05, 0) is 80.1 Å². The number of aryl methyl sites for hydroxylation is 1. The van der Waals surface area contributed by atoms with Crippen molar-refractivity contribution in [2.45, 2.75) is 71.6 Å². The number of ether oxygens (including phenoxy) is 2. The summed E-state index contributed by atoms with van der Waals surface area (Å²) in [6, 6.07) is 16.0. The number of imide groups is 1. The van der Waals surface area contributed by atoms with Crippen molar-refractivity contribution in [1.82, 2.24) is 15.1 Å². The monoisotopic (exact) mass is 671 g/mol. The smallest absolute Gasteiger partial charge is 0.328 e. The van der Waals surface area contributed by atoms with Gasteiger partial charge in [0.2, 0.25) is 12.7 Å². The number of carbonyl (C=O) groups is 5. The number of benzene rings is 3. The summed E-state index contributed by atoms with van der Waals surface area (Å²) in [5.74, 6) is -1.47. The molecular weight excluding hydrogens is 630 g/mol. The van der Waals surface area contributed by atoms with Gasteiger partial charge in [-0.2, -0.15) is 0 Å². The molecular formula is C36H41N5O8. The topological polar surface area (TPSA) is 167 Å². The van der Waals surface area contributed by atoms with Crippen molar-refractivity contribution in [2.75, 3.05) is 17.4 Å². The highest BCUT2D eigenvalue weighted by Crippen LogP contribution is 2.36. The quantitative estimate of drug-likeness (QED) is 0.179. The molecule has 2 heterocycles. The van der Waals surface area contributed by atoms with Crippen molar-refractivity contribution in [1.29, 1.82) is 0 Å². The molecule has 0 saturated carbocycles. The van der Waals surface area contributed by atoms with Gasteiger partial charge in [0.1, 0.15) is 11.6 Å². The summed E-state index contributed by atoms with van der Waals surface area (Å²) < 4.78 is 10.8. The number of urea groups is 2. The van der Waals surface area contributed by atoms with Gasteiger partial charge in [0.05, 0.1) is 12.5 Å². The maximum Gasteiger partial charge on any atom is 0.328 e. The number of aliphatic carboxylic acids is 1. The second-order valence-electron chi connectivity index (χ2n) is 13.1. The van der Waals surface area contributed by atoms with Gasteiger partial charge in [0.25, 0.3) is 5.91 Å². The van der Waals surface area contributed by atoms with Crippen LogP contribution in [0.3, 0.4) is 0 Å². The predicted octanol–water partition coefficient (Wildman–Crippen LogP) is 5.66. The van der Waals surface area contributed by atoms with Crippen LogP contribution in [0, 0.1) is 12.8 Å². The Morgan fingerprint density at radius 1 is 0.939 bits per heavy atom. The van der Waals surface area contributed by atoms with Crippen molar-refractivity contribution in [3.05, 3.63) is 83.4 Å². The fourth-order valence-corrected chi connectivity index (χ4v) is 5.88. The largest absolute Gasteiger partial charge is 0.481 e. The van der Waals surface area contributed by atoms with Crippen LogP contribution in [0.25, 0.3) is 0 Å². The van der Waals surface area contributed by atoms with E-state index < -0.39 is 53.9 Å². The van der Waals surface area contributed by atoms with Crippen molar-refractivity contribution < 1.29 is 38.6 Å². The van der Waals surface area contributed by atoms with E-state index in [-0.39, 0.29) is 25.7 Å². The number of carboxylic acid groups (broad SMARTS) is 1. The second kappa shape index (κ2) is 14.3. The van der Waals surface area contributed by atoms with Crippen molar-refractivity contribution in [3.63, 3.8) is 0 Å².